The van der Waals surface area contributed by atoms with Crippen LogP contribution in [0.3, 0.4) is 0 Å². The van der Waals surface area contributed by atoms with Gasteiger partial charge >= 0.3 is 0 Å². The summed E-state index contributed by atoms with van der Waals surface area (Å²) in [6, 6.07) is 13.0. The highest BCUT2D eigenvalue weighted by Crippen LogP contribution is 2.45. The number of carbonyl (C=O) groups is 3. The second-order valence-corrected chi connectivity index (χ2v) is 10.2. The van der Waals surface area contributed by atoms with Gasteiger partial charge in [0, 0.05) is 11.5 Å². The Balaban J connectivity index is 1.13. The molecule has 36 heavy (non-hydrogen) atoms. The summed E-state index contributed by atoms with van der Waals surface area (Å²) in [5.41, 5.74) is 1.33. The van der Waals surface area contributed by atoms with Crippen LogP contribution in [0.15, 0.2) is 42.5 Å². The minimum atomic E-state index is -0.794. The number of anilines is 2. The Morgan fingerprint density at radius 3 is 2.47 bits per heavy atom. The first-order chi connectivity index (χ1) is 17.5. The second-order valence-electron chi connectivity index (χ2n) is 10.2. The first kappa shape index (κ1) is 23.0. The van der Waals surface area contributed by atoms with E-state index in [-0.39, 0.29) is 30.1 Å². The van der Waals surface area contributed by atoms with E-state index < -0.39 is 5.54 Å². The van der Waals surface area contributed by atoms with Crippen molar-refractivity contribution < 1.29 is 23.9 Å². The van der Waals surface area contributed by atoms with Gasteiger partial charge in [-0.05, 0) is 69.1 Å². The summed E-state index contributed by atoms with van der Waals surface area (Å²) in [6.07, 6.45) is 4.64. The van der Waals surface area contributed by atoms with E-state index in [1.165, 1.54) is 0 Å². The van der Waals surface area contributed by atoms with Crippen LogP contribution in [0, 0.1) is 5.92 Å². The maximum atomic E-state index is 13.7. The van der Waals surface area contributed by atoms with E-state index >= 15 is 0 Å². The molecule has 1 saturated heterocycles. The quantitative estimate of drug-likeness (QED) is 0.660. The number of nitrogens with zero attached hydrogens (tertiary/aromatic N) is 2. The van der Waals surface area contributed by atoms with Crippen LogP contribution in [-0.2, 0) is 9.59 Å². The van der Waals surface area contributed by atoms with Crippen LogP contribution >= 0.6 is 0 Å². The predicted octanol–water partition coefficient (Wildman–Crippen LogP) is 3.65. The Morgan fingerprint density at radius 1 is 0.972 bits per heavy atom. The number of rotatable bonds is 4. The van der Waals surface area contributed by atoms with Gasteiger partial charge in [-0.1, -0.05) is 25.0 Å². The molecule has 2 aromatic carbocycles. The third-order valence-corrected chi connectivity index (χ3v) is 8.07. The van der Waals surface area contributed by atoms with Gasteiger partial charge in [-0.2, -0.15) is 0 Å². The highest BCUT2D eigenvalue weighted by molar-refractivity contribution is 6.15. The number of benzene rings is 2. The summed E-state index contributed by atoms with van der Waals surface area (Å²) in [5, 5.41) is 3.03. The standard InChI is InChI=1S/C28H31N3O5/c32-25(31-22-6-2-1-5-21(22)29-27(34)28(31)11-3-4-12-28)18-30-13-9-19(10-14-30)26(33)20-7-8-23-24(17-20)36-16-15-35-23/h1-2,5-8,17,19H,3-4,9-16,18H2,(H,29,34). The Hall–Kier alpha value is -3.39. The van der Waals surface area contributed by atoms with Crippen molar-refractivity contribution in [2.75, 3.05) is 43.1 Å². The van der Waals surface area contributed by atoms with Gasteiger partial charge in [0.2, 0.25) is 5.91 Å². The molecule has 1 spiro atoms. The molecule has 0 bridgehead atoms. The summed E-state index contributed by atoms with van der Waals surface area (Å²) in [4.78, 5) is 43.9. The molecule has 3 heterocycles. The molecule has 0 atom stereocenters. The predicted molar refractivity (Wildman–Crippen MR) is 135 cm³/mol. The fraction of sp³-hybridized carbons (Fsp3) is 0.464. The first-order valence-electron chi connectivity index (χ1n) is 12.9. The number of ether oxygens (including phenoxy) is 2. The highest BCUT2D eigenvalue weighted by atomic mass is 16.6. The summed E-state index contributed by atoms with van der Waals surface area (Å²) < 4.78 is 11.2. The lowest BCUT2D eigenvalue weighted by Gasteiger charge is -2.45. The lowest BCUT2D eigenvalue weighted by molar-refractivity contribution is -0.128. The highest BCUT2D eigenvalue weighted by Gasteiger charge is 2.52. The first-order valence-corrected chi connectivity index (χ1v) is 12.9. The zero-order valence-electron chi connectivity index (χ0n) is 20.3. The molecule has 3 aliphatic heterocycles. The average Bonchev–Trinajstić information content (AvgIpc) is 3.39. The van der Waals surface area contributed by atoms with Crippen LogP contribution < -0.4 is 19.7 Å². The molecule has 0 radical (unpaired) electrons. The van der Waals surface area contributed by atoms with Gasteiger partial charge in [0.1, 0.15) is 18.8 Å². The maximum Gasteiger partial charge on any atom is 0.250 e. The Labute approximate surface area is 210 Å². The molecule has 2 aromatic rings. The number of fused-ring (bicyclic) bond motifs is 2. The largest absolute Gasteiger partial charge is 0.486 e. The normalized spacial score (nSPS) is 21.2. The number of likely N-dealkylation sites (tertiary alicyclic amines) is 1. The molecule has 1 saturated carbocycles. The Bertz CT molecular complexity index is 1200. The number of hydrogen-bond donors (Lipinski definition) is 1. The van der Waals surface area contributed by atoms with E-state index in [1.807, 2.05) is 30.3 Å². The van der Waals surface area contributed by atoms with E-state index in [1.54, 1.807) is 17.0 Å². The van der Waals surface area contributed by atoms with Crippen molar-refractivity contribution in [3.8, 4) is 11.5 Å². The van der Waals surface area contributed by atoms with Gasteiger partial charge in [-0.3, -0.25) is 24.2 Å². The molecular weight excluding hydrogens is 458 g/mol. The van der Waals surface area contributed by atoms with Crippen LogP contribution in [-0.4, -0.2) is 60.9 Å². The number of piperidine rings is 1. The van der Waals surface area contributed by atoms with Crippen LogP contribution in [0.1, 0.15) is 48.9 Å². The molecule has 0 aromatic heterocycles. The zero-order valence-corrected chi connectivity index (χ0v) is 20.3. The lowest BCUT2D eigenvalue weighted by atomic mass is 9.88. The molecule has 1 N–H and O–H groups in total. The van der Waals surface area contributed by atoms with Gasteiger partial charge in [0.15, 0.2) is 17.3 Å². The Kier molecular flexibility index (Phi) is 5.91. The number of hydrogen-bond acceptors (Lipinski definition) is 6. The van der Waals surface area contributed by atoms with Gasteiger partial charge in [-0.25, -0.2) is 0 Å². The van der Waals surface area contributed by atoms with Crippen molar-refractivity contribution in [3.63, 3.8) is 0 Å². The molecule has 2 fully saturated rings. The third kappa shape index (κ3) is 3.93. The minimum Gasteiger partial charge on any atom is -0.486 e. The van der Waals surface area contributed by atoms with Crippen molar-refractivity contribution in [3.05, 3.63) is 48.0 Å². The van der Waals surface area contributed by atoms with Crippen LogP contribution in [0.25, 0.3) is 0 Å². The van der Waals surface area contributed by atoms with Crippen LogP contribution in [0.5, 0.6) is 11.5 Å². The van der Waals surface area contributed by atoms with E-state index in [4.69, 9.17) is 9.47 Å². The van der Waals surface area contributed by atoms with Gasteiger partial charge < -0.3 is 14.8 Å². The minimum absolute atomic E-state index is 0.0455. The van der Waals surface area contributed by atoms with Crippen LogP contribution in [0.4, 0.5) is 11.4 Å². The zero-order chi connectivity index (χ0) is 24.7. The number of ketones is 1. The molecule has 8 nitrogen and oxygen atoms in total. The molecule has 4 aliphatic rings. The number of carbonyl (C=O) groups excluding carboxylic acids is 3. The van der Waals surface area contributed by atoms with Gasteiger partial charge in [-0.15, -0.1) is 0 Å². The molecule has 1 aliphatic carbocycles. The van der Waals surface area contributed by atoms with E-state index in [0.29, 0.717) is 74.7 Å². The fourth-order valence-corrected chi connectivity index (χ4v) is 6.18. The van der Waals surface area contributed by atoms with Crippen molar-refractivity contribution in [2.24, 2.45) is 5.92 Å². The van der Waals surface area contributed by atoms with E-state index in [9.17, 15) is 14.4 Å². The summed E-state index contributed by atoms with van der Waals surface area (Å²) in [7, 11) is 0. The summed E-state index contributed by atoms with van der Waals surface area (Å²) in [5.74, 6) is 1.22. The van der Waals surface area contributed by atoms with Crippen molar-refractivity contribution in [1.29, 1.82) is 0 Å². The topological polar surface area (TPSA) is 88.2 Å². The van der Waals surface area contributed by atoms with E-state index in [0.717, 1.165) is 18.5 Å². The summed E-state index contributed by atoms with van der Waals surface area (Å²) in [6.45, 7) is 2.59. The number of nitrogens with one attached hydrogen (secondary N) is 1. The fourth-order valence-electron chi connectivity index (χ4n) is 6.18. The second kappa shape index (κ2) is 9.24. The van der Waals surface area contributed by atoms with Gasteiger partial charge in [0.25, 0.3) is 5.91 Å². The molecule has 0 unspecified atom stereocenters. The van der Waals surface area contributed by atoms with E-state index in [2.05, 4.69) is 10.2 Å². The van der Waals surface area contributed by atoms with Gasteiger partial charge in [0.05, 0.1) is 17.9 Å². The number of amides is 2. The third-order valence-electron chi connectivity index (χ3n) is 8.07. The molecular formula is C28H31N3O5. The SMILES string of the molecule is O=C(c1ccc2c(c1)OCCO2)C1CCN(CC(=O)N2c3ccccc3NC(=O)C23CCCC3)CC1. The Morgan fingerprint density at radius 2 is 1.69 bits per heavy atom. The van der Waals surface area contributed by atoms with Crippen LogP contribution in [0.2, 0.25) is 0 Å². The molecule has 2 amide bonds. The lowest BCUT2D eigenvalue weighted by Crippen LogP contribution is -2.62. The summed E-state index contributed by atoms with van der Waals surface area (Å²) >= 11 is 0. The maximum absolute atomic E-state index is 13.7. The van der Waals surface area contributed by atoms with Crippen molar-refractivity contribution in [1.82, 2.24) is 4.90 Å². The average molecular weight is 490 g/mol. The molecule has 8 heteroatoms. The van der Waals surface area contributed by atoms with Crippen molar-refractivity contribution in [2.45, 2.75) is 44.1 Å². The van der Waals surface area contributed by atoms with Crippen molar-refractivity contribution >= 4 is 29.0 Å². The number of Topliss-reactive ketones (excluding diaryl/α,β-unsaturated/α-hetero) is 1. The smallest absolute Gasteiger partial charge is 0.250 e. The monoisotopic (exact) mass is 489 g/mol. The molecule has 6 rings (SSSR count). The molecule has 188 valence electrons. The number of para-hydroxylation sites is 2.